The molecule has 0 radical (unpaired) electrons. The fourth-order valence-electron chi connectivity index (χ4n) is 2.17. The van der Waals surface area contributed by atoms with Crippen LogP contribution in [0.5, 0.6) is 0 Å². The number of likely N-dealkylation sites (tertiary alicyclic amines) is 1. The van der Waals surface area contributed by atoms with Crippen molar-refractivity contribution in [3.8, 4) is 0 Å². The van der Waals surface area contributed by atoms with E-state index in [4.69, 9.17) is 5.11 Å². The molecule has 90 valence electrons. The van der Waals surface area contributed by atoms with Crippen LogP contribution in [0.3, 0.4) is 0 Å². The number of carboxylic acid groups (broad SMARTS) is 1. The first kappa shape index (κ1) is 12.7. The number of allylic oxidation sites excluding steroid dienone is 1. The van der Waals surface area contributed by atoms with E-state index in [9.17, 15) is 9.59 Å². The molecule has 2 atom stereocenters. The van der Waals surface area contributed by atoms with Crippen LogP contribution in [0.25, 0.3) is 0 Å². The van der Waals surface area contributed by atoms with Crippen molar-refractivity contribution in [1.29, 1.82) is 0 Å². The van der Waals surface area contributed by atoms with E-state index in [0.29, 0.717) is 12.1 Å². The van der Waals surface area contributed by atoms with E-state index in [1.807, 2.05) is 19.9 Å². The molecule has 0 saturated carbocycles. The van der Waals surface area contributed by atoms with E-state index in [0.717, 1.165) is 12.8 Å². The minimum atomic E-state index is -0.900. The Morgan fingerprint density at radius 1 is 1.50 bits per heavy atom. The largest absolute Gasteiger partial charge is 0.480 e. The summed E-state index contributed by atoms with van der Waals surface area (Å²) in [6.07, 6.45) is 3.39. The van der Waals surface area contributed by atoms with Crippen molar-refractivity contribution < 1.29 is 14.7 Å². The van der Waals surface area contributed by atoms with Gasteiger partial charge in [-0.15, -0.1) is 0 Å². The summed E-state index contributed by atoms with van der Waals surface area (Å²) in [5.74, 6) is -1.00. The van der Waals surface area contributed by atoms with Gasteiger partial charge in [0.05, 0.1) is 0 Å². The van der Waals surface area contributed by atoms with Gasteiger partial charge in [0.15, 0.2) is 0 Å². The maximum absolute atomic E-state index is 12.0. The smallest absolute Gasteiger partial charge is 0.326 e. The quantitative estimate of drug-likeness (QED) is 0.743. The number of aliphatic carboxylic acids is 1. The highest BCUT2D eigenvalue weighted by atomic mass is 16.4. The molecule has 0 aromatic carbocycles. The van der Waals surface area contributed by atoms with E-state index in [1.165, 1.54) is 4.90 Å². The highest BCUT2D eigenvalue weighted by Crippen LogP contribution is 2.25. The van der Waals surface area contributed by atoms with Gasteiger partial charge in [0.1, 0.15) is 6.04 Å². The fraction of sp³-hybridized carbons (Fsp3) is 0.667. The highest BCUT2D eigenvalue weighted by Gasteiger charge is 2.39. The van der Waals surface area contributed by atoms with E-state index < -0.39 is 12.0 Å². The number of rotatable bonds is 3. The first-order valence-corrected chi connectivity index (χ1v) is 5.69. The van der Waals surface area contributed by atoms with Crippen molar-refractivity contribution in [2.75, 3.05) is 6.54 Å². The van der Waals surface area contributed by atoms with Crippen LogP contribution in [0.15, 0.2) is 11.6 Å². The van der Waals surface area contributed by atoms with Gasteiger partial charge in [-0.05, 0) is 25.7 Å². The first-order valence-electron chi connectivity index (χ1n) is 5.69. The summed E-state index contributed by atoms with van der Waals surface area (Å²) < 4.78 is 0. The zero-order chi connectivity index (χ0) is 12.3. The van der Waals surface area contributed by atoms with Crippen molar-refractivity contribution in [2.45, 2.75) is 39.7 Å². The molecular weight excluding hydrogens is 206 g/mol. The van der Waals surface area contributed by atoms with Gasteiger partial charge in [0.2, 0.25) is 5.91 Å². The van der Waals surface area contributed by atoms with Crippen molar-refractivity contribution in [3.05, 3.63) is 11.6 Å². The third-order valence-corrected chi connectivity index (χ3v) is 3.06. The molecule has 16 heavy (non-hydrogen) atoms. The molecule has 1 saturated heterocycles. The van der Waals surface area contributed by atoms with Crippen molar-refractivity contribution >= 4 is 11.9 Å². The topological polar surface area (TPSA) is 57.6 Å². The van der Waals surface area contributed by atoms with Crippen LogP contribution in [0.4, 0.5) is 0 Å². The number of hydrogen-bond donors (Lipinski definition) is 1. The SMILES string of the molecule is CC/C=C(/C)C(=O)N1CCC(C)C1C(=O)O. The Hall–Kier alpha value is -1.32. The average molecular weight is 225 g/mol. The number of amides is 1. The summed E-state index contributed by atoms with van der Waals surface area (Å²) in [5.41, 5.74) is 0.642. The Bertz CT molecular complexity index is 322. The van der Waals surface area contributed by atoms with Gasteiger partial charge >= 0.3 is 5.97 Å². The molecule has 2 unspecified atom stereocenters. The third kappa shape index (κ3) is 2.43. The van der Waals surface area contributed by atoms with E-state index in [2.05, 4.69) is 0 Å². The fourth-order valence-corrected chi connectivity index (χ4v) is 2.17. The molecule has 1 amide bonds. The second-order valence-corrected chi connectivity index (χ2v) is 4.34. The average Bonchev–Trinajstić information content (AvgIpc) is 2.59. The predicted molar refractivity (Wildman–Crippen MR) is 61.0 cm³/mol. The molecular formula is C12H19NO3. The van der Waals surface area contributed by atoms with Gasteiger partial charge in [0.25, 0.3) is 0 Å². The van der Waals surface area contributed by atoms with Crippen molar-refractivity contribution in [3.63, 3.8) is 0 Å². The van der Waals surface area contributed by atoms with Crippen LogP contribution >= 0.6 is 0 Å². The first-order chi connectivity index (χ1) is 7.49. The Labute approximate surface area is 95.9 Å². The van der Waals surface area contributed by atoms with Crippen molar-refractivity contribution in [1.82, 2.24) is 4.90 Å². The van der Waals surface area contributed by atoms with Gasteiger partial charge in [-0.25, -0.2) is 4.79 Å². The lowest BCUT2D eigenvalue weighted by Gasteiger charge is -2.23. The van der Waals surface area contributed by atoms with Crippen LogP contribution in [-0.4, -0.2) is 34.5 Å². The van der Waals surface area contributed by atoms with Crippen LogP contribution in [-0.2, 0) is 9.59 Å². The van der Waals surface area contributed by atoms with Crippen LogP contribution in [0, 0.1) is 5.92 Å². The summed E-state index contributed by atoms with van der Waals surface area (Å²) in [5, 5.41) is 9.10. The minimum absolute atomic E-state index is 0.0378. The highest BCUT2D eigenvalue weighted by molar-refractivity contribution is 5.95. The number of carboxylic acids is 1. The van der Waals surface area contributed by atoms with E-state index in [-0.39, 0.29) is 11.8 Å². The molecule has 1 rings (SSSR count). The van der Waals surface area contributed by atoms with Gasteiger partial charge in [-0.2, -0.15) is 0 Å². The lowest BCUT2D eigenvalue weighted by atomic mass is 10.0. The predicted octanol–water partition coefficient (Wildman–Crippen LogP) is 1.66. The Balaban J connectivity index is 2.84. The summed E-state index contributed by atoms with van der Waals surface area (Å²) in [7, 11) is 0. The standard InChI is InChI=1S/C12H19NO3/c1-4-5-9(3)11(14)13-7-6-8(2)10(13)12(15)16/h5,8,10H,4,6-7H2,1-3H3,(H,15,16)/b9-5-. The Kier molecular flexibility index (Phi) is 4.10. The van der Waals surface area contributed by atoms with Crippen LogP contribution < -0.4 is 0 Å². The molecule has 0 aromatic heterocycles. The van der Waals surface area contributed by atoms with Gasteiger partial charge in [-0.3, -0.25) is 4.79 Å². The van der Waals surface area contributed by atoms with Crippen LogP contribution in [0.1, 0.15) is 33.6 Å². The number of carbonyl (C=O) groups is 2. The molecule has 4 heteroatoms. The number of nitrogens with zero attached hydrogens (tertiary/aromatic N) is 1. The second kappa shape index (κ2) is 5.14. The van der Waals surface area contributed by atoms with Crippen LogP contribution in [0.2, 0.25) is 0 Å². The molecule has 0 bridgehead atoms. The summed E-state index contributed by atoms with van der Waals surface area (Å²) in [4.78, 5) is 24.6. The minimum Gasteiger partial charge on any atom is -0.480 e. The van der Waals surface area contributed by atoms with Gasteiger partial charge < -0.3 is 10.0 Å². The molecule has 0 aromatic rings. The lowest BCUT2D eigenvalue weighted by Crippen LogP contribution is -2.43. The zero-order valence-corrected chi connectivity index (χ0v) is 10.1. The molecule has 1 aliphatic rings. The van der Waals surface area contributed by atoms with E-state index >= 15 is 0 Å². The molecule has 1 aliphatic heterocycles. The Morgan fingerprint density at radius 2 is 2.12 bits per heavy atom. The molecule has 1 fully saturated rings. The van der Waals surface area contributed by atoms with Gasteiger partial charge in [-0.1, -0.05) is 19.9 Å². The molecule has 4 nitrogen and oxygen atoms in total. The summed E-state index contributed by atoms with van der Waals surface area (Å²) in [6.45, 7) is 6.13. The molecule has 1 heterocycles. The van der Waals surface area contributed by atoms with Crippen molar-refractivity contribution in [2.24, 2.45) is 5.92 Å². The molecule has 0 aliphatic carbocycles. The Morgan fingerprint density at radius 3 is 2.62 bits per heavy atom. The van der Waals surface area contributed by atoms with Gasteiger partial charge in [0, 0.05) is 12.1 Å². The lowest BCUT2D eigenvalue weighted by molar-refractivity contribution is -0.148. The monoisotopic (exact) mass is 225 g/mol. The molecule has 1 N–H and O–H groups in total. The maximum atomic E-state index is 12.0. The summed E-state index contributed by atoms with van der Waals surface area (Å²) >= 11 is 0. The summed E-state index contributed by atoms with van der Waals surface area (Å²) in [6, 6.07) is -0.660. The maximum Gasteiger partial charge on any atom is 0.326 e. The zero-order valence-electron chi connectivity index (χ0n) is 10.1. The number of hydrogen-bond acceptors (Lipinski definition) is 2. The third-order valence-electron chi connectivity index (χ3n) is 3.06. The normalized spacial score (nSPS) is 25.9. The molecule has 0 spiro atoms. The second-order valence-electron chi connectivity index (χ2n) is 4.34. The van der Waals surface area contributed by atoms with E-state index in [1.54, 1.807) is 6.92 Å². The number of carbonyl (C=O) groups excluding carboxylic acids is 1.